The Hall–Kier alpha value is -1.38. The molecule has 1 aliphatic rings. The average molecular weight is 273 g/mol. The predicted octanol–water partition coefficient (Wildman–Crippen LogP) is -0.431. The number of primary sulfonamides is 1. The van der Waals surface area contributed by atoms with E-state index in [-0.39, 0.29) is 28.6 Å². The van der Waals surface area contributed by atoms with Gasteiger partial charge in [0.05, 0.1) is 11.0 Å². The van der Waals surface area contributed by atoms with Gasteiger partial charge < -0.3 is 15.0 Å². The smallest absolute Gasteiger partial charge is 0.267 e. The number of amides is 1. The molecule has 0 spiro atoms. The normalized spacial score (nSPS) is 23.4. The molecule has 1 aromatic rings. The van der Waals surface area contributed by atoms with E-state index in [0.717, 1.165) is 12.8 Å². The van der Waals surface area contributed by atoms with Crippen LogP contribution in [-0.4, -0.2) is 38.6 Å². The lowest BCUT2D eigenvalue weighted by Gasteiger charge is -2.34. The first-order chi connectivity index (χ1) is 8.40. The number of ether oxygens (including phenoxy) is 1. The quantitative estimate of drug-likeness (QED) is 0.690. The number of methoxy groups -OCH3 is 1. The van der Waals surface area contributed by atoms with Crippen molar-refractivity contribution in [1.29, 1.82) is 0 Å². The first-order valence-corrected chi connectivity index (χ1v) is 6.99. The lowest BCUT2D eigenvalue weighted by Crippen LogP contribution is -2.47. The number of hydrogen-bond acceptors (Lipinski definition) is 4. The second kappa shape index (κ2) is 4.71. The molecule has 1 amide bonds. The van der Waals surface area contributed by atoms with Gasteiger partial charge in [0.2, 0.25) is 10.0 Å². The van der Waals surface area contributed by atoms with Crippen molar-refractivity contribution >= 4 is 15.9 Å². The summed E-state index contributed by atoms with van der Waals surface area (Å²) in [5.41, 5.74) is 0.180. The number of carbonyl (C=O) groups is 1. The highest BCUT2D eigenvalue weighted by Crippen LogP contribution is 2.22. The van der Waals surface area contributed by atoms with Crippen molar-refractivity contribution in [3.05, 3.63) is 18.0 Å². The number of sulfonamides is 1. The van der Waals surface area contributed by atoms with Gasteiger partial charge in [0, 0.05) is 19.3 Å². The van der Waals surface area contributed by atoms with E-state index in [4.69, 9.17) is 9.88 Å². The van der Waals surface area contributed by atoms with Gasteiger partial charge in [0.25, 0.3) is 5.91 Å². The molecule has 0 unspecified atom stereocenters. The molecule has 0 saturated heterocycles. The molecule has 1 aromatic heterocycles. The van der Waals surface area contributed by atoms with E-state index < -0.39 is 10.0 Å². The molecule has 8 heteroatoms. The molecule has 0 aliphatic heterocycles. The minimum Gasteiger partial charge on any atom is -0.381 e. The zero-order chi connectivity index (χ0) is 13.3. The summed E-state index contributed by atoms with van der Waals surface area (Å²) in [6, 6.07) is 1.29. The van der Waals surface area contributed by atoms with E-state index in [0.29, 0.717) is 0 Å². The van der Waals surface area contributed by atoms with E-state index in [1.807, 2.05) is 0 Å². The van der Waals surface area contributed by atoms with Crippen LogP contribution >= 0.6 is 0 Å². The van der Waals surface area contributed by atoms with E-state index in [2.05, 4.69) is 10.3 Å². The highest BCUT2D eigenvalue weighted by molar-refractivity contribution is 7.89. The first-order valence-electron chi connectivity index (χ1n) is 5.45. The fourth-order valence-electron chi connectivity index (χ4n) is 1.81. The van der Waals surface area contributed by atoms with Crippen LogP contribution in [0.2, 0.25) is 0 Å². The maximum Gasteiger partial charge on any atom is 0.267 e. The van der Waals surface area contributed by atoms with E-state index >= 15 is 0 Å². The number of aromatic amines is 1. The summed E-state index contributed by atoms with van der Waals surface area (Å²) in [5, 5.41) is 7.72. The van der Waals surface area contributed by atoms with Crippen molar-refractivity contribution in [3.8, 4) is 0 Å². The van der Waals surface area contributed by atoms with Gasteiger partial charge in [0.1, 0.15) is 5.69 Å². The predicted molar refractivity (Wildman–Crippen MR) is 63.5 cm³/mol. The SMILES string of the molecule is COC1CC(NC(=O)c2cc(S(N)(=O)=O)c[nH]2)C1. The number of aromatic nitrogens is 1. The minimum absolute atomic E-state index is 0.0729. The number of nitrogens with two attached hydrogens (primary N) is 1. The Balaban J connectivity index is 1.96. The Morgan fingerprint density at radius 2 is 2.22 bits per heavy atom. The lowest BCUT2D eigenvalue weighted by molar-refractivity contribution is 0.0175. The standard InChI is InChI=1S/C10H15N3O4S/c1-17-7-2-6(3-7)13-10(14)9-4-8(5-12-9)18(11,15)16/h4-7,12H,2-3H2,1H3,(H,13,14)(H2,11,15,16). The maximum absolute atomic E-state index is 11.8. The Kier molecular flexibility index (Phi) is 3.42. The van der Waals surface area contributed by atoms with Crippen molar-refractivity contribution in [2.45, 2.75) is 29.9 Å². The summed E-state index contributed by atoms with van der Waals surface area (Å²) in [6.07, 6.45) is 2.93. The molecule has 1 heterocycles. The van der Waals surface area contributed by atoms with Gasteiger partial charge in [-0.1, -0.05) is 0 Å². The molecule has 0 bridgehead atoms. The van der Waals surface area contributed by atoms with Crippen molar-refractivity contribution in [2.24, 2.45) is 5.14 Å². The van der Waals surface area contributed by atoms with E-state index in [1.165, 1.54) is 12.3 Å². The van der Waals surface area contributed by atoms with Crippen molar-refractivity contribution in [1.82, 2.24) is 10.3 Å². The summed E-state index contributed by atoms with van der Waals surface area (Å²) in [6.45, 7) is 0. The number of rotatable bonds is 4. The van der Waals surface area contributed by atoms with Gasteiger partial charge >= 0.3 is 0 Å². The second-order valence-corrected chi connectivity index (χ2v) is 5.85. The van der Waals surface area contributed by atoms with Gasteiger partial charge in [-0.2, -0.15) is 0 Å². The lowest BCUT2D eigenvalue weighted by atomic mass is 9.89. The molecule has 0 radical (unpaired) electrons. The Bertz CT molecular complexity index is 545. The van der Waals surface area contributed by atoms with Crippen molar-refractivity contribution < 1.29 is 17.9 Å². The average Bonchev–Trinajstić information content (AvgIpc) is 2.70. The zero-order valence-electron chi connectivity index (χ0n) is 9.84. The van der Waals surface area contributed by atoms with Crippen LogP contribution in [-0.2, 0) is 14.8 Å². The summed E-state index contributed by atoms with van der Waals surface area (Å²) < 4.78 is 27.2. The maximum atomic E-state index is 11.8. The third-order valence-corrected chi connectivity index (χ3v) is 3.89. The van der Waals surface area contributed by atoms with E-state index in [9.17, 15) is 13.2 Å². The summed E-state index contributed by atoms with van der Waals surface area (Å²) >= 11 is 0. The molecule has 7 nitrogen and oxygen atoms in total. The number of hydrogen-bond donors (Lipinski definition) is 3. The molecule has 1 saturated carbocycles. The molecular formula is C10H15N3O4S. The van der Waals surface area contributed by atoms with E-state index in [1.54, 1.807) is 7.11 Å². The van der Waals surface area contributed by atoms with Crippen LogP contribution in [0.5, 0.6) is 0 Å². The molecule has 0 aromatic carbocycles. The van der Waals surface area contributed by atoms with Gasteiger partial charge in [-0.25, -0.2) is 13.6 Å². The van der Waals surface area contributed by atoms with Gasteiger partial charge in [-0.3, -0.25) is 4.79 Å². The molecule has 0 atom stereocenters. The number of carbonyl (C=O) groups excluding carboxylic acids is 1. The molecular weight excluding hydrogens is 258 g/mol. The van der Waals surface area contributed by atoms with Gasteiger partial charge in [-0.15, -0.1) is 0 Å². The fraction of sp³-hybridized carbons (Fsp3) is 0.500. The second-order valence-electron chi connectivity index (χ2n) is 4.29. The Morgan fingerprint density at radius 3 is 2.72 bits per heavy atom. The fourth-order valence-corrected chi connectivity index (χ4v) is 2.31. The molecule has 1 aliphatic carbocycles. The molecule has 100 valence electrons. The Labute approximate surface area is 105 Å². The van der Waals surface area contributed by atoms with Crippen LogP contribution in [0.15, 0.2) is 17.2 Å². The topological polar surface area (TPSA) is 114 Å². The highest BCUT2D eigenvalue weighted by atomic mass is 32.2. The number of nitrogens with one attached hydrogen (secondary N) is 2. The summed E-state index contributed by atoms with van der Waals surface area (Å²) in [4.78, 5) is 14.3. The number of H-pyrrole nitrogens is 1. The third kappa shape index (κ3) is 2.71. The highest BCUT2D eigenvalue weighted by Gasteiger charge is 2.30. The molecule has 1 fully saturated rings. The largest absolute Gasteiger partial charge is 0.381 e. The van der Waals surface area contributed by atoms with Crippen LogP contribution < -0.4 is 10.5 Å². The minimum atomic E-state index is -3.78. The zero-order valence-corrected chi connectivity index (χ0v) is 10.7. The summed E-state index contributed by atoms with van der Waals surface area (Å²) in [5.74, 6) is -0.343. The molecule has 18 heavy (non-hydrogen) atoms. The van der Waals surface area contributed by atoms with Gasteiger partial charge in [0.15, 0.2) is 0 Å². The molecule has 4 N–H and O–H groups in total. The summed E-state index contributed by atoms with van der Waals surface area (Å²) in [7, 11) is -2.15. The van der Waals surface area contributed by atoms with Crippen LogP contribution in [0.3, 0.4) is 0 Å². The van der Waals surface area contributed by atoms with Gasteiger partial charge in [-0.05, 0) is 18.9 Å². The first kappa shape index (κ1) is 13.1. The van der Waals surface area contributed by atoms with Crippen LogP contribution in [0.25, 0.3) is 0 Å². The monoisotopic (exact) mass is 273 g/mol. The van der Waals surface area contributed by atoms with Crippen molar-refractivity contribution in [2.75, 3.05) is 7.11 Å². The van der Waals surface area contributed by atoms with Crippen LogP contribution in [0.4, 0.5) is 0 Å². The molecule has 2 rings (SSSR count). The van der Waals surface area contributed by atoms with Crippen LogP contribution in [0.1, 0.15) is 23.3 Å². The third-order valence-electron chi connectivity index (χ3n) is 2.99. The van der Waals surface area contributed by atoms with Crippen LogP contribution in [0, 0.1) is 0 Å². The van der Waals surface area contributed by atoms with Crippen molar-refractivity contribution in [3.63, 3.8) is 0 Å². The Morgan fingerprint density at radius 1 is 1.56 bits per heavy atom.